The standard InChI is InChI=1S/C22H24ClN3O2S2/c1-26-20(15-29-22(26)24-17-8-4-2-5-9-17)16-12-13-19(23)21(14-16)30(27,28)25-18-10-6-3-7-11-18/h2,4-5,8-9,12-15,18,25H,3,6-7,10-11H2,1H3/b24-22+. The van der Waals surface area contributed by atoms with Gasteiger partial charge >= 0.3 is 0 Å². The Labute approximate surface area is 186 Å². The molecule has 2 aromatic carbocycles. The van der Waals surface area contributed by atoms with Gasteiger partial charge in [-0.1, -0.05) is 55.1 Å². The lowest BCUT2D eigenvalue weighted by atomic mass is 9.96. The van der Waals surface area contributed by atoms with Crippen LogP contribution in [0.1, 0.15) is 32.1 Å². The number of para-hydroxylation sites is 1. The summed E-state index contributed by atoms with van der Waals surface area (Å²) in [5.74, 6) is 0. The topological polar surface area (TPSA) is 63.5 Å². The molecule has 1 heterocycles. The maximum Gasteiger partial charge on any atom is 0.242 e. The highest BCUT2D eigenvalue weighted by Crippen LogP contribution is 2.29. The number of hydrogen-bond acceptors (Lipinski definition) is 4. The van der Waals surface area contributed by atoms with E-state index in [2.05, 4.69) is 9.71 Å². The number of benzene rings is 2. The Kier molecular flexibility index (Phi) is 6.43. The number of hydrogen-bond donors (Lipinski definition) is 1. The molecule has 30 heavy (non-hydrogen) atoms. The highest BCUT2D eigenvalue weighted by Gasteiger charge is 2.24. The van der Waals surface area contributed by atoms with Crippen LogP contribution >= 0.6 is 22.9 Å². The van der Waals surface area contributed by atoms with E-state index in [-0.39, 0.29) is 16.0 Å². The van der Waals surface area contributed by atoms with Crippen LogP contribution in [0.3, 0.4) is 0 Å². The van der Waals surface area contributed by atoms with Crippen LogP contribution in [0.5, 0.6) is 0 Å². The number of halogens is 1. The fourth-order valence-electron chi connectivity index (χ4n) is 3.72. The molecule has 5 nitrogen and oxygen atoms in total. The molecule has 0 bridgehead atoms. The first kappa shape index (κ1) is 21.3. The van der Waals surface area contributed by atoms with Crippen LogP contribution in [0.2, 0.25) is 5.02 Å². The number of rotatable bonds is 5. The largest absolute Gasteiger partial charge is 0.320 e. The molecule has 0 amide bonds. The Hall–Kier alpha value is -1.93. The SMILES string of the molecule is Cn1c(-c2ccc(Cl)c(S(=O)(=O)NC3CCCCC3)c2)cs/c1=N/c1ccccc1. The smallest absolute Gasteiger partial charge is 0.242 e. The van der Waals surface area contributed by atoms with Crippen LogP contribution < -0.4 is 9.52 Å². The molecule has 1 fully saturated rings. The van der Waals surface area contributed by atoms with Gasteiger partial charge in [0, 0.05) is 24.0 Å². The lowest BCUT2D eigenvalue weighted by molar-refractivity contribution is 0.412. The van der Waals surface area contributed by atoms with Gasteiger partial charge in [-0.15, -0.1) is 11.3 Å². The zero-order valence-corrected chi connectivity index (χ0v) is 19.1. The molecule has 1 aliphatic carbocycles. The van der Waals surface area contributed by atoms with Gasteiger partial charge in [-0.3, -0.25) is 0 Å². The summed E-state index contributed by atoms with van der Waals surface area (Å²) in [7, 11) is -1.76. The van der Waals surface area contributed by atoms with E-state index in [1.165, 1.54) is 17.8 Å². The predicted molar refractivity (Wildman–Crippen MR) is 123 cm³/mol. The molecular formula is C22H24ClN3O2S2. The minimum atomic E-state index is -3.69. The summed E-state index contributed by atoms with van der Waals surface area (Å²) in [4.78, 5) is 5.63. The summed E-state index contributed by atoms with van der Waals surface area (Å²) in [6.45, 7) is 0. The Morgan fingerprint density at radius 3 is 2.57 bits per heavy atom. The van der Waals surface area contributed by atoms with Crippen LogP contribution in [0.4, 0.5) is 5.69 Å². The van der Waals surface area contributed by atoms with E-state index in [4.69, 9.17) is 11.6 Å². The third-order valence-corrected chi connectivity index (χ3v) is 8.27. The second kappa shape index (κ2) is 9.06. The summed E-state index contributed by atoms with van der Waals surface area (Å²) in [5.41, 5.74) is 2.55. The van der Waals surface area contributed by atoms with Gasteiger partial charge in [0.05, 0.1) is 16.4 Å². The van der Waals surface area contributed by atoms with E-state index in [1.807, 2.05) is 53.4 Å². The van der Waals surface area contributed by atoms with Crippen molar-refractivity contribution in [1.29, 1.82) is 0 Å². The van der Waals surface area contributed by atoms with Crippen LogP contribution in [0.15, 0.2) is 63.8 Å². The van der Waals surface area contributed by atoms with Crippen molar-refractivity contribution in [2.45, 2.75) is 43.0 Å². The molecule has 1 aromatic heterocycles. The summed E-state index contributed by atoms with van der Waals surface area (Å²) in [5, 5.41) is 2.21. The van der Waals surface area contributed by atoms with Crippen LogP contribution in [-0.4, -0.2) is 19.0 Å². The van der Waals surface area contributed by atoms with Gasteiger partial charge in [0.1, 0.15) is 4.90 Å². The number of nitrogens with one attached hydrogen (secondary N) is 1. The van der Waals surface area contributed by atoms with Gasteiger partial charge < -0.3 is 4.57 Å². The van der Waals surface area contributed by atoms with Crippen molar-refractivity contribution in [3.8, 4) is 11.3 Å². The van der Waals surface area contributed by atoms with E-state index >= 15 is 0 Å². The van der Waals surface area contributed by atoms with E-state index in [0.29, 0.717) is 0 Å². The zero-order valence-electron chi connectivity index (χ0n) is 16.7. The fourth-order valence-corrected chi connectivity index (χ4v) is 6.47. The first-order valence-corrected chi connectivity index (χ1v) is 12.7. The second-order valence-corrected chi connectivity index (χ2v) is 10.4. The van der Waals surface area contributed by atoms with Gasteiger partial charge in [0.15, 0.2) is 4.80 Å². The molecule has 0 unspecified atom stereocenters. The molecule has 1 saturated carbocycles. The summed E-state index contributed by atoms with van der Waals surface area (Å²) >= 11 is 7.81. The van der Waals surface area contributed by atoms with Crippen LogP contribution in [-0.2, 0) is 17.1 Å². The van der Waals surface area contributed by atoms with Crippen molar-refractivity contribution in [3.05, 3.63) is 63.7 Å². The van der Waals surface area contributed by atoms with Crippen molar-refractivity contribution in [1.82, 2.24) is 9.29 Å². The minimum Gasteiger partial charge on any atom is -0.320 e. The van der Waals surface area contributed by atoms with Crippen molar-refractivity contribution in [2.75, 3.05) is 0 Å². The van der Waals surface area contributed by atoms with Gasteiger partial charge in [-0.25, -0.2) is 18.1 Å². The normalized spacial score (nSPS) is 16.1. The molecule has 8 heteroatoms. The summed E-state index contributed by atoms with van der Waals surface area (Å²) < 4.78 is 30.8. The monoisotopic (exact) mass is 461 g/mol. The number of sulfonamides is 1. The van der Waals surface area contributed by atoms with E-state index in [0.717, 1.165) is 47.4 Å². The molecule has 0 atom stereocenters. The lowest BCUT2D eigenvalue weighted by Crippen LogP contribution is -2.36. The molecule has 0 radical (unpaired) electrons. The number of aromatic nitrogens is 1. The van der Waals surface area contributed by atoms with Crippen molar-refractivity contribution < 1.29 is 8.42 Å². The molecule has 0 spiro atoms. The molecule has 0 aliphatic heterocycles. The van der Waals surface area contributed by atoms with Gasteiger partial charge in [0.25, 0.3) is 0 Å². The third kappa shape index (κ3) is 4.70. The Bertz CT molecular complexity index is 1190. The molecular weight excluding hydrogens is 438 g/mol. The summed E-state index contributed by atoms with van der Waals surface area (Å²) in [6, 6.07) is 14.9. The highest BCUT2D eigenvalue weighted by atomic mass is 35.5. The molecule has 0 saturated heterocycles. The predicted octanol–water partition coefficient (Wildman–Crippen LogP) is 5.25. The lowest BCUT2D eigenvalue weighted by Gasteiger charge is -2.23. The van der Waals surface area contributed by atoms with Gasteiger partial charge in [-0.2, -0.15) is 0 Å². The second-order valence-electron chi connectivity index (χ2n) is 7.51. The Balaban J connectivity index is 1.68. The average molecular weight is 462 g/mol. The first-order chi connectivity index (χ1) is 14.4. The highest BCUT2D eigenvalue weighted by molar-refractivity contribution is 7.89. The molecule has 1 aliphatic rings. The fraction of sp³-hybridized carbons (Fsp3) is 0.318. The molecule has 158 valence electrons. The maximum atomic E-state index is 13.0. The van der Waals surface area contributed by atoms with Crippen molar-refractivity contribution in [3.63, 3.8) is 0 Å². The van der Waals surface area contributed by atoms with Crippen molar-refractivity contribution in [2.24, 2.45) is 12.0 Å². The Morgan fingerprint density at radius 1 is 1.10 bits per heavy atom. The van der Waals surface area contributed by atoms with Crippen LogP contribution in [0, 0.1) is 0 Å². The average Bonchev–Trinajstić information content (AvgIpc) is 3.10. The van der Waals surface area contributed by atoms with E-state index in [9.17, 15) is 8.42 Å². The van der Waals surface area contributed by atoms with Crippen LogP contribution in [0.25, 0.3) is 11.3 Å². The zero-order chi connectivity index (χ0) is 21.1. The van der Waals surface area contributed by atoms with E-state index < -0.39 is 10.0 Å². The third-order valence-electron chi connectivity index (χ3n) is 5.35. The van der Waals surface area contributed by atoms with Gasteiger partial charge in [0.2, 0.25) is 10.0 Å². The number of thiazole rings is 1. The summed E-state index contributed by atoms with van der Waals surface area (Å²) in [6.07, 6.45) is 5.03. The van der Waals surface area contributed by atoms with Gasteiger partial charge in [-0.05, 0) is 37.1 Å². The molecule has 1 N–H and O–H groups in total. The maximum absolute atomic E-state index is 13.0. The minimum absolute atomic E-state index is 0.0167. The van der Waals surface area contributed by atoms with E-state index in [1.54, 1.807) is 12.1 Å². The quantitative estimate of drug-likeness (QED) is 0.564. The Morgan fingerprint density at radius 2 is 1.83 bits per heavy atom. The molecule has 3 aromatic rings. The number of nitrogens with zero attached hydrogens (tertiary/aromatic N) is 2. The first-order valence-electron chi connectivity index (χ1n) is 10.0. The van der Waals surface area contributed by atoms with Crippen molar-refractivity contribution >= 4 is 38.6 Å². The molecule has 4 rings (SSSR count).